The highest BCUT2D eigenvalue weighted by Gasteiger charge is 2.07. The lowest BCUT2D eigenvalue weighted by molar-refractivity contribution is -0.143. The van der Waals surface area contributed by atoms with Crippen molar-refractivity contribution in [2.24, 2.45) is 0 Å². The maximum absolute atomic E-state index is 11.2. The predicted molar refractivity (Wildman–Crippen MR) is 67.4 cm³/mol. The fraction of sp³-hybridized carbons (Fsp3) is 0.500. The Morgan fingerprint density at radius 3 is 2.29 bits per heavy atom. The molecule has 0 atom stereocenters. The Balaban J connectivity index is 2.55. The standard InChI is InChI=1S/C14H20O3/c1-5-16-13(15)6-7-17-14-11(3)8-10(2)9-12(14)4/h8-9H,5-7H2,1-4H3. The zero-order valence-corrected chi connectivity index (χ0v) is 11.0. The number of hydrogen-bond acceptors (Lipinski definition) is 3. The van der Waals surface area contributed by atoms with Crippen LogP contribution < -0.4 is 4.74 Å². The number of aryl methyl sites for hydroxylation is 3. The summed E-state index contributed by atoms with van der Waals surface area (Å²) in [6.07, 6.45) is 0.292. The van der Waals surface area contributed by atoms with Crippen LogP contribution in [0.1, 0.15) is 30.0 Å². The van der Waals surface area contributed by atoms with E-state index in [1.54, 1.807) is 6.92 Å². The van der Waals surface area contributed by atoms with E-state index in [0.717, 1.165) is 16.9 Å². The van der Waals surface area contributed by atoms with Crippen LogP contribution >= 0.6 is 0 Å². The quantitative estimate of drug-likeness (QED) is 0.737. The fourth-order valence-electron chi connectivity index (χ4n) is 1.86. The Morgan fingerprint density at radius 2 is 1.76 bits per heavy atom. The summed E-state index contributed by atoms with van der Waals surface area (Å²) in [5, 5.41) is 0. The third-order valence-electron chi connectivity index (χ3n) is 2.46. The number of hydrogen-bond donors (Lipinski definition) is 0. The van der Waals surface area contributed by atoms with Gasteiger partial charge in [0.05, 0.1) is 19.6 Å². The van der Waals surface area contributed by atoms with Gasteiger partial charge in [-0.15, -0.1) is 0 Å². The van der Waals surface area contributed by atoms with Crippen LogP contribution in [0.5, 0.6) is 5.75 Å². The molecule has 17 heavy (non-hydrogen) atoms. The fourth-order valence-corrected chi connectivity index (χ4v) is 1.86. The molecular formula is C14H20O3. The number of carbonyl (C=O) groups excluding carboxylic acids is 1. The van der Waals surface area contributed by atoms with E-state index >= 15 is 0 Å². The van der Waals surface area contributed by atoms with Crippen LogP contribution in [0.3, 0.4) is 0 Å². The second-order valence-electron chi connectivity index (χ2n) is 4.13. The first-order chi connectivity index (χ1) is 8.04. The first kappa shape index (κ1) is 13.6. The summed E-state index contributed by atoms with van der Waals surface area (Å²) < 4.78 is 10.5. The van der Waals surface area contributed by atoms with Crippen LogP contribution in [-0.2, 0) is 9.53 Å². The lowest BCUT2D eigenvalue weighted by Gasteiger charge is -2.12. The number of benzene rings is 1. The molecule has 0 radical (unpaired) electrons. The average Bonchev–Trinajstić information content (AvgIpc) is 2.22. The van der Waals surface area contributed by atoms with Gasteiger partial charge >= 0.3 is 5.97 Å². The summed E-state index contributed by atoms with van der Waals surface area (Å²) >= 11 is 0. The molecule has 0 saturated heterocycles. The SMILES string of the molecule is CCOC(=O)CCOc1c(C)cc(C)cc1C. The monoisotopic (exact) mass is 236 g/mol. The van der Waals surface area contributed by atoms with Crippen molar-refractivity contribution in [3.05, 3.63) is 28.8 Å². The molecular weight excluding hydrogens is 216 g/mol. The van der Waals surface area contributed by atoms with Gasteiger partial charge in [-0.1, -0.05) is 17.7 Å². The van der Waals surface area contributed by atoms with E-state index < -0.39 is 0 Å². The predicted octanol–water partition coefficient (Wildman–Crippen LogP) is 2.94. The molecule has 1 aromatic carbocycles. The summed E-state index contributed by atoms with van der Waals surface area (Å²) in [5.74, 6) is 0.662. The Hall–Kier alpha value is -1.51. The molecule has 0 aromatic heterocycles. The highest BCUT2D eigenvalue weighted by atomic mass is 16.5. The summed E-state index contributed by atoms with van der Waals surface area (Å²) in [5.41, 5.74) is 3.43. The maximum Gasteiger partial charge on any atom is 0.309 e. The van der Waals surface area contributed by atoms with Crippen LogP contribution in [0, 0.1) is 20.8 Å². The Labute approximate surface area is 103 Å². The van der Waals surface area contributed by atoms with Crippen molar-refractivity contribution in [2.75, 3.05) is 13.2 Å². The van der Waals surface area contributed by atoms with E-state index in [2.05, 4.69) is 19.1 Å². The molecule has 0 aliphatic rings. The van der Waals surface area contributed by atoms with Crippen molar-refractivity contribution in [3.63, 3.8) is 0 Å². The minimum atomic E-state index is -0.213. The van der Waals surface area contributed by atoms with Gasteiger partial charge in [0, 0.05) is 0 Å². The molecule has 3 nitrogen and oxygen atoms in total. The largest absolute Gasteiger partial charge is 0.492 e. The molecule has 0 amide bonds. The molecule has 0 aliphatic heterocycles. The normalized spacial score (nSPS) is 10.1. The zero-order chi connectivity index (χ0) is 12.8. The van der Waals surface area contributed by atoms with E-state index in [1.807, 2.05) is 13.8 Å². The first-order valence-electron chi connectivity index (χ1n) is 5.91. The minimum absolute atomic E-state index is 0.213. The highest BCUT2D eigenvalue weighted by molar-refractivity contribution is 5.69. The molecule has 0 spiro atoms. The van der Waals surface area contributed by atoms with Crippen LogP contribution in [0.15, 0.2) is 12.1 Å². The third-order valence-corrected chi connectivity index (χ3v) is 2.46. The van der Waals surface area contributed by atoms with Crippen molar-refractivity contribution in [1.29, 1.82) is 0 Å². The van der Waals surface area contributed by atoms with Crippen molar-refractivity contribution < 1.29 is 14.3 Å². The van der Waals surface area contributed by atoms with Crippen molar-refractivity contribution in [2.45, 2.75) is 34.1 Å². The Kier molecular flexibility index (Phi) is 5.01. The van der Waals surface area contributed by atoms with E-state index in [4.69, 9.17) is 9.47 Å². The molecule has 0 fully saturated rings. The van der Waals surface area contributed by atoms with Gasteiger partial charge in [0.2, 0.25) is 0 Å². The molecule has 0 aliphatic carbocycles. The van der Waals surface area contributed by atoms with Gasteiger partial charge in [-0.2, -0.15) is 0 Å². The van der Waals surface area contributed by atoms with E-state index in [1.165, 1.54) is 5.56 Å². The van der Waals surface area contributed by atoms with Crippen molar-refractivity contribution >= 4 is 5.97 Å². The zero-order valence-electron chi connectivity index (χ0n) is 11.0. The molecule has 1 aromatic rings. The van der Waals surface area contributed by atoms with Crippen LogP contribution in [0.25, 0.3) is 0 Å². The molecule has 0 saturated carbocycles. The highest BCUT2D eigenvalue weighted by Crippen LogP contribution is 2.24. The maximum atomic E-state index is 11.2. The van der Waals surface area contributed by atoms with Gasteiger partial charge in [-0.25, -0.2) is 0 Å². The molecule has 1 rings (SSSR count). The Morgan fingerprint density at radius 1 is 1.18 bits per heavy atom. The smallest absolute Gasteiger partial charge is 0.309 e. The summed E-state index contributed by atoms with van der Waals surface area (Å²) in [6.45, 7) is 8.67. The Bertz CT molecular complexity index is 373. The molecule has 94 valence electrons. The number of carbonyl (C=O) groups is 1. The molecule has 0 bridgehead atoms. The number of esters is 1. The van der Waals surface area contributed by atoms with E-state index in [9.17, 15) is 4.79 Å². The lowest BCUT2D eigenvalue weighted by atomic mass is 10.1. The van der Waals surface area contributed by atoms with E-state index in [-0.39, 0.29) is 5.97 Å². The summed E-state index contributed by atoms with van der Waals surface area (Å²) in [7, 11) is 0. The van der Waals surface area contributed by atoms with Gasteiger partial charge in [0.15, 0.2) is 0 Å². The van der Waals surface area contributed by atoms with E-state index in [0.29, 0.717) is 19.6 Å². The van der Waals surface area contributed by atoms with Gasteiger partial charge in [0.1, 0.15) is 5.75 Å². The van der Waals surface area contributed by atoms with Crippen molar-refractivity contribution in [3.8, 4) is 5.75 Å². The van der Waals surface area contributed by atoms with Gasteiger partial charge in [-0.3, -0.25) is 4.79 Å². The summed E-state index contributed by atoms with van der Waals surface area (Å²) in [4.78, 5) is 11.2. The van der Waals surface area contributed by atoms with Gasteiger partial charge < -0.3 is 9.47 Å². The molecule has 0 heterocycles. The first-order valence-corrected chi connectivity index (χ1v) is 5.91. The third kappa shape index (κ3) is 4.10. The molecule has 0 N–H and O–H groups in total. The van der Waals surface area contributed by atoms with Gasteiger partial charge in [0.25, 0.3) is 0 Å². The van der Waals surface area contributed by atoms with Crippen LogP contribution in [-0.4, -0.2) is 19.2 Å². The van der Waals surface area contributed by atoms with Crippen LogP contribution in [0.4, 0.5) is 0 Å². The molecule has 0 unspecified atom stereocenters. The second kappa shape index (κ2) is 6.28. The average molecular weight is 236 g/mol. The minimum Gasteiger partial charge on any atom is -0.492 e. The number of ether oxygens (including phenoxy) is 2. The summed E-state index contributed by atoms with van der Waals surface area (Å²) in [6, 6.07) is 4.15. The lowest BCUT2D eigenvalue weighted by Crippen LogP contribution is -2.10. The van der Waals surface area contributed by atoms with Gasteiger partial charge in [-0.05, 0) is 38.8 Å². The van der Waals surface area contributed by atoms with Crippen molar-refractivity contribution in [1.82, 2.24) is 0 Å². The topological polar surface area (TPSA) is 35.5 Å². The van der Waals surface area contributed by atoms with Crippen LogP contribution in [0.2, 0.25) is 0 Å². The second-order valence-corrected chi connectivity index (χ2v) is 4.13. The molecule has 3 heteroatoms. The number of rotatable bonds is 5.